The molecule has 0 aliphatic carbocycles. The minimum Gasteiger partial charge on any atom is -0.329 e. The topological polar surface area (TPSA) is 54.3 Å². The first-order chi connectivity index (χ1) is 16.9. The summed E-state index contributed by atoms with van der Waals surface area (Å²) in [4.78, 5) is 29.9. The Labute approximate surface area is 212 Å². The van der Waals surface area contributed by atoms with E-state index in [1.54, 1.807) is 24.3 Å². The fourth-order valence-corrected chi connectivity index (χ4v) is 5.63. The van der Waals surface area contributed by atoms with Crippen LogP contribution in [0.15, 0.2) is 88.9 Å². The van der Waals surface area contributed by atoms with Crippen molar-refractivity contribution in [1.82, 2.24) is 4.57 Å². The van der Waals surface area contributed by atoms with Gasteiger partial charge in [0.15, 0.2) is 5.43 Å². The minimum atomic E-state index is -0.542. The summed E-state index contributed by atoms with van der Waals surface area (Å²) in [5.41, 5.74) is 4.25. The van der Waals surface area contributed by atoms with Crippen LogP contribution in [0.25, 0.3) is 10.9 Å². The van der Waals surface area contributed by atoms with Crippen molar-refractivity contribution < 1.29 is 4.79 Å². The number of carbonyl (C=O) groups is 1. The van der Waals surface area contributed by atoms with E-state index in [4.69, 9.17) is 23.2 Å². The molecule has 0 saturated carbocycles. The van der Waals surface area contributed by atoms with E-state index in [2.05, 4.69) is 14.8 Å². The van der Waals surface area contributed by atoms with Crippen molar-refractivity contribution in [3.8, 4) is 0 Å². The molecule has 0 bridgehead atoms. The number of aromatic nitrogens is 1. The largest absolute Gasteiger partial charge is 0.329 e. The van der Waals surface area contributed by atoms with Crippen LogP contribution in [-0.4, -0.2) is 17.0 Å². The summed E-state index contributed by atoms with van der Waals surface area (Å²) in [6.45, 7) is 3.31. The molecule has 3 heterocycles. The number of halogens is 2. The molecule has 5 nitrogen and oxygen atoms in total. The second kappa shape index (κ2) is 8.29. The van der Waals surface area contributed by atoms with Gasteiger partial charge in [-0.3, -0.25) is 9.59 Å². The van der Waals surface area contributed by atoms with Crippen molar-refractivity contribution in [3.63, 3.8) is 0 Å². The van der Waals surface area contributed by atoms with Crippen LogP contribution in [0.5, 0.6) is 0 Å². The highest BCUT2D eigenvalue weighted by atomic mass is 35.5. The molecule has 1 aromatic heterocycles. The SMILES string of the molecule is CC1=C(C(=O)Nc2ccccc2)C(c2ccc(Cl)cc2)c2c3n(c4cc(Cl)ccc4c2=O)CCN13. The highest BCUT2D eigenvalue weighted by Crippen LogP contribution is 2.46. The first-order valence-corrected chi connectivity index (χ1v) is 12.2. The maximum Gasteiger partial charge on any atom is 0.254 e. The van der Waals surface area contributed by atoms with Gasteiger partial charge in [0, 0.05) is 51.4 Å². The Morgan fingerprint density at radius 3 is 2.40 bits per heavy atom. The minimum absolute atomic E-state index is 0.0905. The fourth-order valence-electron chi connectivity index (χ4n) is 5.34. The standard InChI is InChI=1S/C28H21Cl2N3O2/c1-16-23(27(35)31-20-5-3-2-4-6-20)24(17-7-9-18(29)10-8-17)25-26(34)21-12-11-19(30)15-22(21)33-14-13-32(16)28(25)33/h2-12,15,24H,13-14H2,1H3,(H,31,35). The van der Waals surface area contributed by atoms with Crippen molar-refractivity contribution in [1.29, 1.82) is 0 Å². The third kappa shape index (κ3) is 3.46. The lowest BCUT2D eigenvalue weighted by Gasteiger charge is -2.35. The lowest BCUT2D eigenvalue weighted by Crippen LogP contribution is -2.36. The van der Waals surface area contributed by atoms with Gasteiger partial charge in [-0.15, -0.1) is 0 Å². The Balaban J connectivity index is 1.63. The zero-order chi connectivity index (χ0) is 24.3. The van der Waals surface area contributed by atoms with Crippen molar-refractivity contribution in [3.05, 3.63) is 115 Å². The Morgan fingerprint density at radius 2 is 1.66 bits per heavy atom. The number of hydrogen-bond acceptors (Lipinski definition) is 3. The molecule has 1 N–H and O–H groups in total. The predicted octanol–water partition coefficient (Wildman–Crippen LogP) is 6.19. The molecule has 3 aromatic carbocycles. The van der Waals surface area contributed by atoms with Gasteiger partial charge in [-0.2, -0.15) is 0 Å². The molecule has 0 radical (unpaired) electrons. The average molecular weight is 502 g/mol. The number of pyridine rings is 1. The van der Waals surface area contributed by atoms with Gasteiger partial charge in [-0.1, -0.05) is 53.5 Å². The summed E-state index contributed by atoms with van der Waals surface area (Å²) < 4.78 is 2.15. The van der Waals surface area contributed by atoms with E-state index in [-0.39, 0.29) is 11.3 Å². The number of rotatable bonds is 3. The highest BCUT2D eigenvalue weighted by Gasteiger charge is 2.41. The summed E-state index contributed by atoms with van der Waals surface area (Å²) in [6.07, 6.45) is 0. The van der Waals surface area contributed by atoms with Crippen molar-refractivity contribution in [2.24, 2.45) is 0 Å². The first-order valence-electron chi connectivity index (χ1n) is 11.4. The molecule has 0 fully saturated rings. The summed E-state index contributed by atoms with van der Waals surface area (Å²) >= 11 is 12.5. The van der Waals surface area contributed by atoms with Crippen LogP contribution in [0, 0.1) is 0 Å². The second-order valence-electron chi connectivity index (χ2n) is 8.83. The van der Waals surface area contributed by atoms with Crippen molar-refractivity contribution in [2.75, 3.05) is 16.8 Å². The van der Waals surface area contributed by atoms with Gasteiger partial charge in [-0.25, -0.2) is 0 Å². The van der Waals surface area contributed by atoms with Crippen LogP contribution in [0.2, 0.25) is 10.0 Å². The number of carbonyl (C=O) groups excluding carboxylic acids is 1. The number of fused-ring (bicyclic) bond motifs is 2. The van der Waals surface area contributed by atoms with Gasteiger partial charge in [0.05, 0.1) is 11.1 Å². The molecule has 1 atom stereocenters. The van der Waals surface area contributed by atoms with E-state index in [1.807, 2.05) is 55.5 Å². The third-order valence-corrected chi connectivity index (χ3v) is 7.38. The molecule has 4 aromatic rings. The summed E-state index contributed by atoms with van der Waals surface area (Å²) in [7, 11) is 0. The molecule has 0 spiro atoms. The van der Waals surface area contributed by atoms with Crippen LogP contribution in [-0.2, 0) is 11.3 Å². The first kappa shape index (κ1) is 22.0. The van der Waals surface area contributed by atoms with Gasteiger partial charge < -0.3 is 14.8 Å². The number of hydrogen-bond donors (Lipinski definition) is 1. The zero-order valence-corrected chi connectivity index (χ0v) is 20.4. The van der Waals surface area contributed by atoms with Gasteiger partial charge in [0.2, 0.25) is 0 Å². The van der Waals surface area contributed by atoms with Crippen LogP contribution in [0.4, 0.5) is 11.5 Å². The van der Waals surface area contributed by atoms with Gasteiger partial charge in [0.25, 0.3) is 5.91 Å². The number of nitrogens with one attached hydrogen (secondary N) is 1. The average Bonchev–Trinajstić information content (AvgIpc) is 3.30. The van der Waals surface area contributed by atoms with E-state index in [9.17, 15) is 9.59 Å². The quantitative estimate of drug-likeness (QED) is 0.364. The third-order valence-electron chi connectivity index (χ3n) is 6.89. The number of amides is 1. The molecule has 2 aliphatic rings. The monoisotopic (exact) mass is 501 g/mol. The Morgan fingerprint density at radius 1 is 0.943 bits per heavy atom. The molecular formula is C28H21Cl2N3O2. The molecule has 35 heavy (non-hydrogen) atoms. The molecule has 6 rings (SSSR count). The Bertz CT molecular complexity index is 1590. The normalized spacial score (nSPS) is 16.5. The number of allylic oxidation sites excluding steroid dienone is 1. The molecule has 7 heteroatoms. The highest BCUT2D eigenvalue weighted by molar-refractivity contribution is 6.31. The van der Waals surface area contributed by atoms with Gasteiger partial charge >= 0.3 is 0 Å². The number of nitrogens with zero attached hydrogens (tertiary/aromatic N) is 2. The number of benzene rings is 3. The number of anilines is 2. The second-order valence-corrected chi connectivity index (χ2v) is 9.71. The van der Waals surface area contributed by atoms with Crippen molar-refractivity contribution in [2.45, 2.75) is 19.4 Å². The maximum atomic E-state index is 14.0. The van der Waals surface area contributed by atoms with Crippen LogP contribution >= 0.6 is 23.2 Å². The molecule has 1 unspecified atom stereocenters. The molecule has 1 amide bonds. The Hall–Kier alpha value is -3.54. The summed E-state index contributed by atoms with van der Waals surface area (Å²) in [5.74, 6) is 0.0611. The van der Waals surface area contributed by atoms with Crippen LogP contribution < -0.4 is 15.6 Å². The van der Waals surface area contributed by atoms with Gasteiger partial charge in [0.1, 0.15) is 5.82 Å². The van der Waals surface area contributed by atoms with Gasteiger partial charge in [-0.05, 0) is 55.0 Å². The molecule has 0 saturated heterocycles. The molecule has 174 valence electrons. The summed E-state index contributed by atoms with van der Waals surface area (Å²) in [6, 6.07) is 22.1. The smallest absolute Gasteiger partial charge is 0.254 e. The number of para-hydroxylation sites is 1. The van der Waals surface area contributed by atoms with Crippen LogP contribution in [0.1, 0.15) is 24.0 Å². The maximum absolute atomic E-state index is 14.0. The van der Waals surface area contributed by atoms with E-state index < -0.39 is 5.92 Å². The van der Waals surface area contributed by atoms with E-state index in [0.717, 1.165) is 22.6 Å². The molecular weight excluding hydrogens is 481 g/mol. The van der Waals surface area contributed by atoms with Crippen molar-refractivity contribution >= 4 is 51.5 Å². The lowest BCUT2D eigenvalue weighted by atomic mass is 9.80. The lowest BCUT2D eigenvalue weighted by molar-refractivity contribution is -0.113. The predicted molar refractivity (Wildman–Crippen MR) is 142 cm³/mol. The Kier molecular flexibility index (Phi) is 5.20. The summed E-state index contributed by atoms with van der Waals surface area (Å²) in [5, 5.41) is 4.81. The zero-order valence-electron chi connectivity index (χ0n) is 18.9. The van der Waals surface area contributed by atoms with E-state index in [1.165, 1.54) is 0 Å². The van der Waals surface area contributed by atoms with E-state index >= 15 is 0 Å². The fraction of sp³-hybridized carbons (Fsp3) is 0.143. The molecule has 2 aliphatic heterocycles. The van der Waals surface area contributed by atoms with Crippen LogP contribution in [0.3, 0.4) is 0 Å². The van der Waals surface area contributed by atoms with E-state index in [0.29, 0.717) is 45.3 Å².